The number of ether oxygens (including phenoxy) is 4. The number of halogens is 1. The highest BCUT2D eigenvalue weighted by Gasteiger charge is 2.44. The molecule has 48 heavy (non-hydrogen) atoms. The maximum absolute atomic E-state index is 15.0. The van der Waals surface area contributed by atoms with Crippen LogP contribution < -0.4 is 34.5 Å². The van der Waals surface area contributed by atoms with Gasteiger partial charge in [0.25, 0.3) is 5.91 Å². The lowest BCUT2D eigenvalue weighted by molar-refractivity contribution is -0.133. The van der Waals surface area contributed by atoms with Crippen LogP contribution in [0, 0.1) is 5.82 Å². The Balaban J connectivity index is 1.63. The van der Waals surface area contributed by atoms with Crippen molar-refractivity contribution in [1.82, 2.24) is 15.0 Å². The Kier molecular flexibility index (Phi) is 10.4. The van der Waals surface area contributed by atoms with Crippen LogP contribution in [0.25, 0.3) is 0 Å². The zero-order valence-electron chi connectivity index (χ0n) is 28.9. The van der Waals surface area contributed by atoms with E-state index in [1.807, 2.05) is 0 Å². The molecule has 3 aromatic rings. The van der Waals surface area contributed by atoms with E-state index in [0.29, 0.717) is 22.9 Å². The van der Waals surface area contributed by atoms with Crippen molar-refractivity contribution in [1.29, 1.82) is 0 Å². The van der Waals surface area contributed by atoms with Gasteiger partial charge in [0.05, 0.1) is 38.7 Å². The molecule has 0 aliphatic carbocycles. The van der Waals surface area contributed by atoms with Crippen molar-refractivity contribution in [3.63, 3.8) is 0 Å². The van der Waals surface area contributed by atoms with Crippen LogP contribution in [0.5, 0.6) is 23.0 Å². The minimum Gasteiger partial charge on any atom is -0.493 e. The average molecular weight is 693 g/mol. The number of anilines is 5. The lowest BCUT2D eigenvalue weighted by Crippen LogP contribution is -2.53. The molecule has 1 aliphatic rings. The van der Waals surface area contributed by atoms with Crippen LogP contribution in [-0.2, 0) is 22.9 Å². The molecule has 2 aromatic heterocycles. The van der Waals surface area contributed by atoms with Gasteiger partial charge in [0, 0.05) is 17.8 Å². The van der Waals surface area contributed by atoms with E-state index in [-0.39, 0.29) is 29.2 Å². The first-order valence-electron chi connectivity index (χ1n) is 14.8. The predicted octanol–water partition coefficient (Wildman–Crippen LogP) is 6.74. The van der Waals surface area contributed by atoms with Crippen LogP contribution in [0.2, 0.25) is 0 Å². The fourth-order valence-corrected chi connectivity index (χ4v) is 6.17. The number of nitrogens with one attached hydrogen (secondary N) is 2. The SMILES string of the molecule is COc1cc(Nc2ncc(F)c(Nc3ccc4c(n3)N(COP(=O)(OC(C)(C)C)OC(C)(C)C)C(=O)C(C)(C)O4)n2)cc(OC)c1OC. The summed E-state index contributed by atoms with van der Waals surface area (Å²) in [5, 5.41) is 5.81. The Labute approximate surface area is 279 Å². The Bertz CT molecular complexity index is 1670. The number of methoxy groups -OCH3 is 3. The topological polar surface area (TPSA) is 165 Å². The number of fused-ring (bicyclic) bond motifs is 1. The van der Waals surface area contributed by atoms with Crippen molar-refractivity contribution in [3.05, 3.63) is 36.3 Å². The fraction of sp³-hybridized carbons (Fsp3) is 0.484. The van der Waals surface area contributed by atoms with E-state index in [1.165, 1.54) is 27.4 Å². The third-order valence-corrected chi connectivity index (χ3v) is 8.22. The number of hydrogen-bond acceptors (Lipinski definition) is 14. The van der Waals surface area contributed by atoms with E-state index >= 15 is 0 Å². The van der Waals surface area contributed by atoms with Crippen LogP contribution >= 0.6 is 7.82 Å². The minimum absolute atomic E-state index is 0.0210. The summed E-state index contributed by atoms with van der Waals surface area (Å²) >= 11 is 0. The zero-order valence-corrected chi connectivity index (χ0v) is 29.8. The number of amides is 1. The molecule has 1 aliphatic heterocycles. The molecular formula is C31H42FN6O9P. The van der Waals surface area contributed by atoms with Gasteiger partial charge >= 0.3 is 7.82 Å². The summed E-state index contributed by atoms with van der Waals surface area (Å²) in [7, 11) is 0.239. The average Bonchev–Trinajstić information content (AvgIpc) is 2.96. The van der Waals surface area contributed by atoms with Gasteiger partial charge in [-0.1, -0.05) is 0 Å². The Morgan fingerprint density at radius 2 is 1.54 bits per heavy atom. The predicted molar refractivity (Wildman–Crippen MR) is 176 cm³/mol. The van der Waals surface area contributed by atoms with E-state index < -0.39 is 43.1 Å². The number of aromatic nitrogens is 3. The van der Waals surface area contributed by atoms with Gasteiger partial charge in [-0.25, -0.2) is 18.9 Å². The van der Waals surface area contributed by atoms with Crippen molar-refractivity contribution in [2.75, 3.05) is 43.6 Å². The van der Waals surface area contributed by atoms with Crippen LogP contribution in [-0.4, -0.2) is 65.7 Å². The van der Waals surface area contributed by atoms with Gasteiger partial charge in [-0.15, -0.1) is 0 Å². The third kappa shape index (κ3) is 8.81. The highest BCUT2D eigenvalue weighted by Crippen LogP contribution is 2.56. The molecule has 17 heteroatoms. The van der Waals surface area contributed by atoms with Crippen molar-refractivity contribution in [2.24, 2.45) is 0 Å². The van der Waals surface area contributed by atoms with Crippen LogP contribution in [0.3, 0.4) is 0 Å². The first kappa shape index (κ1) is 36.6. The second-order valence-corrected chi connectivity index (χ2v) is 14.5. The smallest absolute Gasteiger partial charge is 0.477 e. The summed E-state index contributed by atoms with van der Waals surface area (Å²) in [6, 6.07) is 6.35. The summed E-state index contributed by atoms with van der Waals surface area (Å²) in [5.74, 6) is 0.0126. The second kappa shape index (κ2) is 13.7. The maximum atomic E-state index is 15.0. The molecule has 0 atom stereocenters. The third-order valence-electron chi connectivity index (χ3n) is 6.25. The van der Waals surface area contributed by atoms with Crippen molar-refractivity contribution < 1.29 is 46.3 Å². The largest absolute Gasteiger partial charge is 0.493 e. The van der Waals surface area contributed by atoms with Crippen LogP contribution in [0.1, 0.15) is 55.4 Å². The zero-order chi connectivity index (χ0) is 35.7. The quantitative estimate of drug-likeness (QED) is 0.192. The minimum atomic E-state index is -4.21. The molecule has 0 saturated heterocycles. The van der Waals surface area contributed by atoms with E-state index in [0.717, 1.165) is 11.1 Å². The molecular weight excluding hydrogens is 650 g/mol. The number of phosphoric acid groups is 1. The molecule has 1 aromatic carbocycles. The summed E-state index contributed by atoms with van der Waals surface area (Å²) in [6.45, 7) is 12.8. The van der Waals surface area contributed by atoms with Gasteiger partial charge in [-0.3, -0.25) is 23.3 Å². The fourth-order valence-electron chi connectivity index (χ4n) is 4.43. The number of carbonyl (C=O) groups excluding carboxylic acids is 1. The standard InChI is InChI=1S/C31H42FN6O9P/c1-29(2,3)46-48(40,47-30(4,5)6)44-17-38-26-20(45-31(7,8)27(38)39)12-13-23(36-26)35-25-19(32)16-33-28(37-25)34-18-14-21(41-9)24(43-11)22(15-18)42-10/h12-16H,17H2,1-11H3,(H2,33,34,35,36,37). The van der Waals surface area contributed by atoms with Gasteiger partial charge in [-0.05, 0) is 67.5 Å². The highest BCUT2D eigenvalue weighted by atomic mass is 31.2. The molecule has 0 unspecified atom stereocenters. The molecule has 4 rings (SSSR count). The number of rotatable bonds is 12. The highest BCUT2D eigenvalue weighted by molar-refractivity contribution is 7.48. The normalized spacial score (nSPS) is 14.6. The Morgan fingerprint density at radius 1 is 0.938 bits per heavy atom. The maximum Gasteiger partial charge on any atom is 0.477 e. The van der Waals surface area contributed by atoms with E-state index in [1.54, 1.807) is 73.6 Å². The molecule has 0 radical (unpaired) electrons. The van der Waals surface area contributed by atoms with Crippen LogP contribution in [0.15, 0.2) is 30.5 Å². The van der Waals surface area contributed by atoms with Crippen molar-refractivity contribution >= 4 is 42.8 Å². The van der Waals surface area contributed by atoms with Crippen LogP contribution in [0.4, 0.5) is 33.5 Å². The number of carbonyl (C=O) groups is 1. The summed E-state index contributed by atoms with van der Waals surface area (Å²) < 4.78 is 67.9. The van der Waals surface area contributed by atoms with Gasteiger partial charge in [-0.2, -0.15) is 4.98 Å². The summed E-state index contributed by atoms with van der Waals surface area (Å²) in [5.41, 5.74) is -2.64. The second-order valence-electron chi connectivity index (χ2n) is 13.0. The summed E-state index contributed by atoms with van der Waals surface area (Å²) in [6.07, 6.45) is 0.978. The van der Waals surface area contributed by atoms with Crippen molar-refractivity contribution in [3.8, 4) is 23.0 Å². The van der Waals surface area contributed by atoms with E-state index in [2.05, 4.69) is 25.6 Å². The van der Waals surface area contributed by atoms with E-state index in [4.69, 9.17) is 32.5 Å². The molecule has 262 valence electrons. The Morgan fingerprint density at radius 3 is 2.08 bits per heavy atom. The van der Waals surface area contributed by atoms with Gasteiger partial charge < -0.3 is 29.6 Å². The van der Waals surface area contributed by atoms with E-state index in [9.17, 15) is 13.8 Å². The molecule has 0 saturated carbocycles. The van der Waals surface area contributed by atoms with Gasteiger partial charge in [0.1, 0.15) is 12.5 Å². The number of benzene rings is 1. The van der Waals surface area contributed by atoms with Gasteiger partial charge in [0.15, 0.2) is 40.3 Å². The Hall–Kier alpha value is -4.24. The number of pyridine rings is 1. The molecule has 15 nitrogen and oxygen atoms in total. The molecule has 0 bridgehead atoms. The number of hydrogen-bond donors (Lipinski definition) is 2. The first-order chi connectivity index (χ1) is 22.3. The number of nitrogens with zero attached hydrogens (tertiary/aromatic N) is 4. The number of phosphoric ester groups is 1. The van der Waals surface area contributed by atoms with Crippen molar-refractivity contribution in [2.45, 2.75) is 72.2 Å². The molecule has 0 fully saturated rings. The lowest BCUT2D eigenvalue weighted by Gasteiger charge is -2.38. The lowest BCUT2D eigenvalue weighted by atomic mass is 10.1. The molecule has 2 N–H and O–H groups in total. The molecule has 3 heterocycles. The monoisotopic (exact) mass is 692 g/mol. The first-order valence-corrected chi connectivity index (χ1v) is 16.3. The van der Waals surface area contributed by atoms with Gasteiger partial charge in [0.2, 0.25) is 11.7 Å². The summed E-state index contributed by atoms with van der Waals surface area (Å²) in [4.78, 5) is 27.5. The molecule has 1 amide bonds. The molecule has 0 spiro atoms.